The number of rotatable bonds is 10. The lowest BCUT2D eigenvalue weighted by Gasteiger charge is -2.35. The van der Waals surface area contributed by atoms with Crippen LogP contribution in [0.3, 0.4) is 0 Å². The summed E-state index contributed by atoms with van der Waals surface area (Å²) in [5, 5.41) is 45.0. The second-order valence-electron chi connectivity index (χ2n) is 10.7. The number of aliphatic hydroxyl groups excluding tert-OH is 3. The average molecular weight is 629 g/mol. The number of anilines is 1. The SMILES string of the molecule is CC(=C(C#N)S(=O)(=O)NCC1OCC(O)C(O)C1O)c1ccc(-c2ccc3cc(NCCN4CCOCC4)ccc3c2)s1. The predicted molar refractivity (Wildman–Crippen MR) is 166 cm³/mol. The third-order valence-corrected chi connectivity index (χ3v) is 10.5. The molecule has 4 atom stereocenters. The van der Waals surface area contributed by atoms with Crippen molar-refractivity contribution in [3.63, 3.8) is 0 Å². The fourth-order valence-electron chi connectivity index (χ4n) is 5.15. The fraction of sp³-hybridized carbons (Fsp3) is 0.433. The number of hydrogen-bond donors (Lipinski definition) is 5. The quantitative estimate of drug-likeness (QED) is 0.210. The maximum Gasteiger partial charge on any atom is 0.251 e. The second-order valence-corrected chi connectivity index (χ2v) is 13.4. The van der Waals surface area contributed by atoms with Gasteiger partial charge in [0.2, 0.25) is 0 Å². The number of hydrogen-bond acceptors (Lipinski definition) is 11. The van der Waals surface area contributed by atoms with E-state index in [9.17, 15) is 29.0 Å². The number of fused-ring (bicyclic) bond motifs is 1. The summed E-state index contributed by atoms with van der Waals surface area (Å²) in [7, 11) is -4.25. The summed E-state index contributed by atoms with van der Waals surface area (Å²) in [6, 6.07) is 17.9. The van der Waals surface area contributed by atoms with Gasteiger partial charge in [0.05, 0.1) is 25.9 Å². The predicted octanol–water partition coefficient (Wildman–Crippen LogP) is 1.97. The van der Waals surface area contributed by atoms with Gasteiger partial charge >= 0.3 is 0 Å². The van der Waals surface area contributed by atoms with E-state index in [0.29, 0.717) is 10.5 Å². The van der Waals surface area contributed by atoms with E-state index in [1.54, 1.807) is 19.1 Å². The largest absolute Gasteiger partial charge is 0.388 e. The van der Waals surface area contributed by atoms with Crippen molar-refractivity contribution in [2.24, 2.45) is 0 Å². The number of nitrogens with zero attached hydrogens (tertiary/aromatic N) is 2. The molecule has 0 radical (unpaired) electrons. The van der Waals surface area contributed by atoms with Crippen molar-refractivity contribution in [2.75, 3.05) is 57.9 Å². The topological polar surface area (TPSA) is 164 Å². The first-order valence-electron chi connectivity index (χ1n) is 14.1. The lowest BCUT2D eigenvalue weighted by atomic mass is 10.0. The van der Waals surface area contributed by atoms with Crippen molar-refractivity contribution in [3.8, 4) is 16.5 Å². The smallest absolute Gasteiger partial charge is 0.251 e. The number of morpholine rings is 1. The highest BCUT2D eigenvalue weighted by atomic mass is 32.2. The summed E-state index contributed by atoms with van der Waals surface area (Å²) in [6.07, 6.45) is -5.27. The summed E-state index contributed by atoms with van der Waals surface area (Å²) in [6.45, 7) is 6.29. The standard InChI is InChI=1S/C30H36N4O7S2/c1-19(28(16-31)43(38,39)33-17-25-30(37)29(36)24(35)18-41-25)26-6-7-27(42-26)22-3-2-21-15-23(5-4-20(21)14-22)32-8-9-34-10-12-40-13-11-34/h2-7,14-15,24-25,29-30,32-33,35-37H,8-13,17-18H2,1H3. The van der Waals surface area contributed by atoms with Crippen molar-refractivity contribution in [3.05, 3.63) is 58.3 Å². The molecule has 1 aromatic heterocycles. The molecule has 11 nitrogen and oxygen atoms in total. The van der Waals surface area contributed by atoms with Gasteiger partial charge in [0.1, 0.15) is 24.4 Å². The monoisotopic (exact) mass is 628 g/mol. The Kier molecular flexibility index (Phi) is 10.1. The molecule has 3 aromatic rings. The lowest BCUT2D eigenvalue weighted by molar-refractivity contribution is -0.184. The van der Waals surface area contributed by atoms with Gasteiger partial charge in [-0.25, -0.2) is 13.1 Å². The maximum atomic E-state index is 13.0. The van der Waals surface area contributed by atoms with E-state index in [4.69, 9.17) is 9.47 Å². The molecule has 2 fully saturated rings. The third kappa shape index (κ3) is 7.43. The average Bonchev–Trinajstić information content (AvgIpc) is 3.51. The molecule has 13 heteroatoms. The minimum Gasteiger partial charge on any atom is -0.388 e. The van der Waals surface area contributed by atoms with E-state index < -0.39 is 39.3 Å². The fourth-order valence-corrected chi connectivity index (χ4v) is 7.39. The number of sulfonamides is 1. The molecule has 230 valence electrons. The Hall–Kier alpha value is -2.90. The Labute approximate surface area is 255 Å². The number of aliphatic hydroxyl groups is 3. The Balaban J connectivity index is 1.26. The highest BCUT2D eigenvalue weighted by Gasteiger charge is 2.38. The zero-order valence-corrected chi connectivity index (χ0v) is 25.4. The molecule has 2 aliphatic rings. The van der Waals surface area contributed by atoms with Gasteiger partial charge in [-0.2, -0.15) is 5.26 Å². The van der Waals surface area contributed by atoms with Gasteiger partial charge in [0.15, 0.2) is 4.91 Å². The number of nitrogens with one attached hydrogen (secondary N) is 2. The minimum atomic E-state index is -4.25. The first-order chi connectivity index (χ1) is 20.7. The van der Waals surface area contributed by atoms with Gasteiger partial charge in [0.25, 0.3) is 10.0 Å². The molecule has 5 rings (SSSR count). The van der Waals surface area contributed by atoms with Crippen molar-refractivity contribution < 1.29 is 33.2 Å². The van der Waals surface area contributed by atoms with E-state index in [2.05, 4.69) is 45.3 Å². The Morgan fingerprint density at radius 2 is 1.81 bits per heavy atom. The highest BCUT2D eigenvalue weighted by molar-refractivity contribution is 7.93. The van der Waals surface area contributed by atoms with Crippen LogP contribution in [0, 0.1) is 11.3 Å². The van der Waals surface area contributed by atoms with Crippen LogP contribution in [-0.4, -0.2) is 106 Å². The molecular weight excluding hydrogens is 592 g/mol. The van der Waals surface area contributed by atoms with Crippen molar-refractivity contribution in [2.45, 2.75) is 31.3 Å². The molecule has 0 aliphatic carbocycles. The van der Waals surface area contributed by atoms with E-state index in [0.717, 1.165) is 66.3 Å². The number of allylic oxidation sites excluding steroid dienone is 2. The minimum absolute atomic E-state index is 0.245. The van der Waals surface area contributed by atoms with E-state index >= 15 is 0 Å². The van der Waals surface area contributed by atoms with Crippen LogP contribution in [0.15, 0.2) is 53.4 Å². The third-order valence-electron chi connectivity index (χ3n) is 7.75. The molecule has 0 amide bonds. The number of thiophene rings is 1. The summed E-state index contributed by atoms with van der Waals surface area (Å²) < 4.78 is 39.0. The second kappa shape index (κ2) is 13.8. The van der Waals surface area contributed by atoms with Gasteiger partial charge in [-0.1, -0.05) is 18.2 Å². The Bertz CT molecular complexity index is 1610. The molecule has 3 heterocycles. The molecule has 0 bridgehead atoms. The van der Waals surface area contributed by atoms with Gasteiger partial charge < -0.3 is 30.1 Å². The van der Waals surface area contributed by atoms with Gasteiger partial charge in [-0.15, -0.1) is 11.3 Å². The Morgan fingerprint density at radius 1 is 1.07 bits per heavy atom. The van der Waals surface area contributed by atoms with Gasteiger partial charge in [-0.3, -0.25) is 4.90 Å². The normalized spacial score (nSPS) is 24.0. The summed E-state index contributed by atoms with van der Waals surface area (Å²) in [4.78, 5) is 3.50. The number of benzene rings is 2. The van der Waals surface area contributed by atoms with Crippen molar-refractivity contribution in [1.29, 1.82) is 5.26 Å². The summed E-state index contributed by atoms with van der Waals surface area (Å²) >= 11 is 1.38. The molecule has 0 saturated carbocycles. The highest BCUT2D eigenvalue weighted by Crippen LogP contribution is 2.35. The van der Waals surface area contributed by atoms with Crippen LogP contribution in [0.5, 0.6) is 0 Å². The van der Waals surface area contributed by atoms with E-state index in [1.165, 1.54) is 11.3 Å². The summed E-state index contributed by atoms with van der Waals surface area (Å²) in [5.41, 5.74) is 2.33. The molecular formula is C30H36N4O7S2. The van der Waals surface area contributed by atoms with E-state index in [1.807, 2.05) is 12.1 Å². The number of ether oxygens (including phenoxy) is 2. The van der Waals surface area contributed by atoms with Gasteiger partial charge in [0, 0.05) is 48.2 Å². The molecule has 5 N–H and O–H groups in total. The summed E-state index contributed by atoms with van der Waals surface area (Å²) in [5.74, 6) is 0. The van der Waals surface area contributed by atoms with Crippen LogP contribution >= 0.6 is 11.3 Å². The molecule has 2 saturated heterocycles. The number of nitriles is 1. The molecule has 2 aliphatic heterocycles. The van der Waals surface area contributed by atoms with Crippen LogP contribution in [0.1, 0.15) is 11.8 Å². The van der Waals surface area contributed by atoms with Crippen LogP contribution < -0.4 is 10.0 Å². The zero-order valence-electron chi connectivity index (χ0n) is 23.8. The molecule has 4 unspecified atom stereocenters. The zero-order chi connectivity index (χ0) is 30.6. The van der Waals surface area contributed by atoms with Crippen molar-refractivity contribution >= 4 is 43.4 Å². The molecule has 43 heavy (non-hydrogen) atoms. The molecule has 2 aromatic carbocycles. The first kappa shape index (κ1) is 31.5. The van der Waals surface area contributed by atoms with Crippen LogP contribution in [0.25, 0.3) is 26.8 Å². The van der Waals surface area contributed by atoms with Crippen LogP contribution in [0.4, 0.5) is 5.69 Å². The van der Waals surface area contributed by atoms with Crippen molar-refractivity contribution in [1.82, 2.24) is 9.62 Å². The van der Waals surface area contributed by atoms with E-state index in [-0.39, 0.29) is 13.2 Å². The lowest BCUT2D eigenvalue weighted by Crippen LogP contribution is -2.56. The van der Waals surface area contributed by atoms with Gasteiger partial charge in [-0.05, 0) is 59.2 Å². The first-order valence-corrected chi connectivity index (χ1v) is 16.4. The molecule has 0 spiro atoms. The van der Waals surface area contributed by atoms with Crippen LogP contribution in [0.2, 0.25) is 0 Å². The maximum absolute atomic E-state index is 13.0. The Morgan fingerprint density at radius 3 is 2.58 bits per heavy atom. The van der Waals surface area contributed by atoms with Crippen LogP contribution in [-0.2, 0) is 19.5 Å².